The fraction of sp³-hybridized carbons (Fsp3) is 0.300. The lowest BCUT2D eigenvalue weighted by atomic mass is 10.0. The van der Waals surface area contributed by atoms with E-state index in [1.54, 1.807) is 0 Å². The number of halogens is 1. The van der Waals surface area contributed by atoms with Crippen molar-refractivity contribution in [1.29, 1.82) is 0 Å². The standard InChI is InChI=1S/C10H11FO4/c1-5(10(13)14)6-3-4-7(15-2)9(12)8(6)11/h3-5,12H,1-2H3,(H,13,14). The zero-order valence-electron chi connectivity index (χ0n) is 8.32. The molecule has 0 aliphatic rings. The first-order valence-electron chi connectivity index (χ1n) is 4.27. The summed E-state index contributed by atoms with van der Waals surface area (Å²) in [5.74, 6) is -3.80. The number of carboxylic acid groups (broad SMARTS) is 1. The number of hydrogen-bond acceptors (Lipinski definition) is 3. The molecule has 1 aromatic carbocycles. The predicted molar refractivity (Wildman–Crippen MR) is 50.7 cm³/mol. The topological polar surface area (TPSA) is 66.8 Å². The van der Waals surface area contributed by atoms with E-state index in [-0.39, 0.29) is 11.3 Å². The van der Waals surface area contributed by atoms with E-state index in [1.165, 1.54) is 26.2 Å². The van der Waals surface area contributed by atoms with E-state index < -0.39 is 23.5 Å². The zero-order valence-corrected chi connectivity index (χ0v) is 8.32. The number of aliphatic carboxylic acids is 1. The van der Waals surface area contributed by atoms with Crippen LogP contribution in [0, 0.1) is 5.82 Å². The van der Waals surface area contributed by atoms with E-state index in [4.69, 9.17) is 5.11 Å². The Balaban J connectivity index is 3.23. The van der Waals surface area contributed by atoms with Gasteiger partial charge < -0.3 is 14.9 Å². The van der Waals surface area contributed by atoms with Crippen molar-refractivity contribution in [2.24, 2.45) is 0 Å². The molecular formula is C10H11FO4. The Morgan fingerprint density at radius 3 is 2.60 bits per heavy atom. The van der Waals surface area contributed by atoms with E-state index in [1.807, 2.05) is 0 Å². The maximum absolute atomic E-state index is 13.5. The Bertz CT molecular complexity index is 389. The molecule has 1 unspecified atom stereocenters. The number of hydrogen-bond donors (Lipinski definition) is 2. The van der Waals surface area contributed by atoms with Crippen molar-refractivity contribution in [3.8, 4) is 11.5 Å². The monoisotopic (exact) mass is 214 g/mol. The van der Waals surface area contributed by atoms with Gasteiger partial charge in [-0.15, -0.1) is 0 Å². The van der Waals surface area contributed by atoms with Crippen LogP contribution >= 0.6 is 0 Å². The van der Waals surface area contributed by atoms with Crippen LogP contribution in [0.1, 0.15) is 18.4 Å². The molecule has 0 bridgehead atoms. The van der Waals surface area contributed by atoms with Crippen LogP contribution in [0.3, 0.4) is 0 Å². The van der Waals surface area contributed by atoms with E-state index in [0.717, 1.165) is 0 Å². The van der Waals surface area contributed by atoms with Gasteiger partial charge in [-0.25, -0.2) is 4.39 Å². The van der Waals surface area contributed by atoms with Crippen LogP contribution in [0.25, 0.3) is 0 Å². The molecule has 2 N–H and O–H groups in total. The highest BCUT2D eigenvalue weighted by atomic mass is 19.1. The number of ether oxygens (including phenoxy) is 1. The van der Waals surface area contributed by atoms with Gasteiger partial charge in [-0.2, -0.15) is 0 Å². The van der Waals surface area contributed by atoms with E-state index >= 15 is 0 Å². The zero-order chi connectivity index (χ0) is 11.6. The Labute approximate surface area is 85.9 Å². The van der Waals surface area contributed by atoms with Crippen molar-refractivity contribution in [3.05, 3.63) is 23.5 Å². The number of methoxy groups -OCH3 is 1. The normalized spacial score (nSPS) is 12.2. The van der Waals surface area contributed by atoms with Crippen LogP contribution in [0.2, 0.25) is 0 Å². The van der Waals surface area contributed by atoms with Crippen molar-refractivity contribution < 1.29 is 24.1 Å². The molecule has 0 saturated carbocycles. The lowest BCUT2D eigenvalue weighted by molar-refractivity contribution is -0.138. The molecule has 82 valence electrons. The summed E-state index contributed by atoms with van der Waals surface area (Å²) < 4.78 is 18.2. The van der Waals surface area contributed by atoms with Crippen LogP contribution < -0.4 is 4.74 Å². The molecule has 5 heteroatoms. The van der Waals surface area contributed by atoms with Crippen LogP contribution in [0.4, 0.5) is 4.39 Å². The maximum Gasteiger partial charge on any atom is 0.310 e. The molecule has 0 aliphatic heterocycles. The fourth-order valence-corrected chi connectivity index (χ4v) is 1.19. The van der Waals surface area contributed by atoms with Crippen molar-refractivity contribution in [2.75, 3.05) is 7.11 Å². The molecule has 1 atom stereocenters. The number of phenolic OH excluding ortho intramolecular Hbond substituents is 1. The van der Waals surface area contributed by atoms with E-state index in [2.05, 4.69) is 4.74 Å². The molecule has 0 aliphatic carbocycles. The van der Waals surface area contributed by atoms with Gasteiger partial charge in [-0.3, -0.25) is 4.79 Å². The Morgan fingerprint density at radius 1 is 1.53 bits per heavy atom. The number of benzene rings is 1. The molecule has 0 radical (unpaired) electrons. The maximum atomic E-state index is 13.5. The predicted octanol–water partition coefficient (Wildman–Crippen LogP) is 1.73. The molecule has 0 fully saturated rings. The van der Waals surface area contributed by atoms with Crippen LogP contribution in [0.15, 0.2) is 12.1 Å². The highest BCUT2D eigenvalue weighted by molar-refractivity contribution is 5.76. The van der Waals surface area contributed by atoms with Gasteiger partial charge in [-0.05, 0) is 13.0 Å². The van der Waals surface area contributed by atoms with Gasteiger partial charge in [0.15, 0.2) is 17.3 Å². The summed E-state index contributed by atoms with van der Waals surface area (Å²) in [7, 11) is 1.29. The average molecular weight is 214 g/mol. The molecule has 4 nitrogen and oxygen atoms in total. The molecule has 0 amide bonds. The minimum absolute atomic E-state index is 0.0196. The van der Waals surface area contributed by atoms with Gasteiger partial charge in [-0.1, -0.05) is 6.07 Å². The number of carboxylic acids is 1. The third-order valence-corrected chi connectivity index (χ3v) is 2.17. The molecular weight excluding hydrogens is 203 g/mol. The molecule has 0 saturated heterocycles. The second-order valence-electron chi connectivity index (χ2n) is 3.08. The third kappa shape index (κ3) is 2.01. The number of aromatic hydroxyl groups is 1. The van der Waals surface area contributed by atoms with Crippen LogP contribution in [0.5, 0.6) is 11.5 Å². The van der Waals surface area contributed by atoms with Crippen molar-refractivity contribution in [2.45, 2.75) is 12.8 Å². The second-order valence-corrected chi connectivity index (χ2v) is 3.08. The number of carbonyl (C=O) groups is 1. The molecule has 1 aromatic rings. The summed E-state index contributed by atoms with van der Waals surface area (Å²) in [6, 6.07) is 2.61. The average Bonchev–Trinajstić information content (AvgIpc) is 2.21. The molecule has 0 spiro atoms. The third-order valence-electron chi connectivity index (χ3n) is 2.17. The second kappa shape index (κ2) is 4.16. The van der Waals surface area contributed by atoms with Crippen molar-refractivity contribution >= 4 is 5.97 Å². The first-order chi connectivity index (χ1) is 6.99. The summed E-state index contributed by atoms with van der Waals surface area (Å²) in [6.45, 7) is 1.34. The summed E-state index contributed by atoms with van der Waals surface area (Å²) in [6.07, 6.45) is 0. The lowest BCUT2D eigenvalue weighted by Crippen LogP contribution is -2.09. The van der Waals surface area contributed by atoms with Gasteiger partial charge in [0.25, 0.3) is 0 Å². The van der Waals surface area contributed by atoms with Gasteiger partial charge in [0.05, 0.1) is 13.0 Å². The Hall–Kier alpha value is -1.78. The fourth-order valence-electron chi connectivity index (χ4n) is 1.19. The first kappa shape index (κ1) is 11.3. The minimum atomic E-state index is -1.15. The summed E-state index contributed by atoms with van der Waals surface area (Å²) in [5, 5.41) is 18.0. The molecule has 1 rings (SSSR count). The van der Waals surface area contributed by atoms with E-state index in [9.17, 15) is 14.3 Å². The van der Waals surface area contributed by atoms with E-state index in [0.29, 0.717) is 0 Å². The lowest BCUT2D eigenvalue weighted by Gasteiger charge is -2.11. The molecule has 0 aromatic heterocycles. The first-order valence-corrected chi connectivity index (χ1v) is 4.27. The van der Waals surface area contributed by atoms with Crippen molar-refractivity contribution in [1.82, 2.24) is 0 Å². The smallest absolute Gasteiger partial charge is 0.310 e. The number of phenols is 1. The quantitative estimate of drug-likeness (QED) is 0.804. The molecule has 0 heterocycles. The largest absolute Gasteiger partial charge is 0.502 e. The molecule has 15 heavy (non-hydrogen) atoms. The minimum Gasteiger partial charge on any atom is -0.502 e. The summed E-state index contributed by atoms with van der Waals surface area (Å²) in [4.78, 5) is 10.6. The SMILES string of the molecule is COc1ccc(C(C)C(=O)O)c(F)c1O. The van der Waals surface area contributed by atoms with Gasteiger partial charge in [0.2, 0.25) is 0 Å². The summed E-state index contributed by atoms with van der Waals surface area (Å²) >= 11 is 0. The highest BCUT2D eigenvalue weighted by Gasteiger charge is 2.21. The van der Waals surface area contributed by atoms with Gasteiger partial charge in [0, 0.05) is 5.56 Å². The Morgan fingerprint density at radius 2 is 2.13 bits per heavy atom. The van der Waals surface area contributed by atoms with Crippen LogP contribution in [-0.4, -0.2) is 23.3 Å². The van der Waals surface area contributed by atoms with Crippen LogP contribution in [-0.2, 0) is 4.79 Å². The van der Waals surface area contributed by atoms with Crippen molar-refractivity contribution in [3.63, 3.8) is 0 Å². The summed E-state index contributed by atoms with van der Waals surface area (Å²) in [5.41, 5.74) is -0.0687. The number of rotatable bonds is 3. The Kier molecular flexibility index (Phi) is 3.14. The van der Waals surface area contributed by atoms with Gasteiger partial charge >= 0.3 is 5.97 Å². The van der Waals surface area contributed by atoms with Gasteiger partial charge in [0.1, 0.15) is 0 Å². The highest BCUT2D eigenvalue weighted by Crippen LogP contribution is 2.33.